The van der Waals surface area contributed by atoms with Crippen LogP contribution in [-0.2, 0) is 4.79 Å². The van der Waals surface area contributed by atoms with Crippen molar-refractivity contribution in [3.63, 3.8) is 0 Å². The summed E-state index contributed by atoms with van der Waals surface area (Å²) in [6.45, 7) is 13.0. The van der Waals surface area contributed by atoms with Gasteiger partial charge in [-0.3, -0.25) is 9.69 Å². The number of nitrogens with zero attached hydrogens (tertiary/aromatic N) is 1. The van der Waals surface area contributed by atoms with Crippen LogP contribution in [0.25, 0.3) is 0 Å². The molecule has 0 aliphatic carbocycles. The lowest BCUT2D eigenvalue weighted by Gasteiger charge is -2.48. The lowest BCUT2D eigenvalue weighted by Crippen LogP contribution is -2.73. The Kier molecular flexibility index (Phi) is 4.72. The summed E-state index contributed by atoms with van der Waals surface area (Å²) in [6.07, 6.45) is 0. The van der Waals surface area contributed by atoms with E-state index in [1.54, 1.807) is 0 Å². The molecule has 0 aromatic heterocycles. The van der Waals surface area contributed by atoms with Gasteiger partial charge in [0.05, 0.1) is 22.4 Å². The topological polar surface area (TPSA) is 58.4 Å². The van der Waals surface area contributed by atoms with Crippen LogP contribution in [0.1, 0.15) is 0 Å². The summed E-state index contributed by atoms with van der Waals surface area (Å²) in [5.41, 5.74) is 5.77. The van der Waals surface area contributed by atoms with Crippen LogP contribution in [0.4, 0.5) is 0 Å². The van der Waals surface area contributed by atoms with Crippen molar-refractivity contribution in [3.05, 3.63) is 0 Å². The number of carbonyl (C=O) groups is 1. The smallest absolute Gasteiger partial charge is 0.230 e. The van der Waals surface area contributed by atoms with E-state index in [1.807, 2.05) is 0 Å². The second-order valence-corrected chi connectivity index (χ2v) is 12.3. The summed E-state index contributed by atoms with van der Waals surface area (Å²) in [5, 5.41) is 3.34. The third-order valence-corrected chi connectivity index (χ3v) is 12.6. The van der Waals surface area contributed by atoms with Crippen molar-refractivity contribution >= 4 is 23.5 Å². The number of nitrogens with one attached hydrogen (secondary N) is 1. The number of carbonyl (C=O) groups excluding carboxylic acids is 1. The van der Waals surface area contributed by atoms with Crippen molar-refractivity contribution in [2.75, 3.05) is 26.2 Å². The van der Waals surface area contributed by atoms with Crippen LogP contribution in [0, 0.1) is 0 Å². The number of primary amides is 1. The number of piperazine rings is 1. The average Bonchev–Trinajstić information content (AvgIpc) is 2.18. The van der Waals surface area contributed by atoms with Gasteiger partial charge in [-0.05, 0) is 0 Å². The van der Waals surface area contributed by atoms with E-state index in [0.29, 0.717) is 0 Å². The molecule has 1 amide bonds. The van der Waals surface area contributed by atoms with E-state index in [-0.39, 0.29) is 10.7 Å². The largest absolute Gasteiger partial charge is 0.369 e. The van der Waals surface area contributed by atoms with Gasteiger partial charge in [0.1, 0.15) is 0 Å². The summed E-state index contributed by atoms with van der Waals surface area (Å²) in [4.78, 5) is 14.2. The Balaban J connectivity index is 3.04. The molecule has 3 N–H and O–H groups in total. The second kappa shape index (κ2) is 5.44. The fraction of sp³-hybridized carbons (Fsp3) is 0.900. The Labute approximate surface area is 102 Å². The minimum atomic E-state index is -1.12. The minimum Gasteiger partial charge on any atom is -0.369 e. The SMILES string of the molecule is C[SiH](C)C(C(N)=O)(N1CCNCC1)[SiH](C)C. The first-order chi connectivity index (χ1) is 7.44. The maximum absolute atomic E-state index is 12.0. The zero-order valence-corrected chi connectivity index (χ0v) is 13.2. The Morgan fingerprint density at radius 1 is 1.19 bits per heavy atom. The fourth-order valence-corrected chi connectivity index (χ4v) is 11.6. The summed E-state index contributed by atoms with van der Waals surface area (Å²) < 4.78 is 0. The summed E-state index contributed by atoms with van der Waals surface area (Å²) in [5.74, 6) is -0.0577. The Morgan fingerprint density at radius 2 is 1.62 bits per heavy atom. The first-order valence-electron chi connectivity index (χ1n) is 6.19. The van der Waals surface area contributed by atoms with Crippen LogP contribution in [-0.4, -0.2) is 59.4 Å². The number of amides is 1. The second-order valence-electron chi connectivity index (χ2n) is 5.24. The predicted octanol–water partition coefficient (Wildman–Crippen LogP) is -0.832. The zero-order valence-electron chi connectivity index (χ0n) is 10.9. The maximum atomic E-state index is 12.0. The van der Waals surface area contributed by atoms with Gasteiger partial charge < -0.3 is 11.1 Å². The van der Waals surface area contributed by atoms with Crippen LogP contribution in [0.3, 0.4) is 0 Å². The first kappa shape index (κ1) is 13.9. The molecule has 0 aromatic rings. The number of rotatable bonds is 4. The van der Waals surface area contributed by atoms with Crippen molar-refractivity contribution in [1.29, 1.82) is 0 Å². The normalized spacial score (nSPS) is 19.4. The molecule has 1 rings (SSSR count). The molecular formula is C10H25N3OSi2. The molecule has 0 atom stereocenters. The van der Waals surface area contributed by atoms with E-state index in [0.717, 1.165) is 26.2 Å². The van der Waals surface area contributed by atoms with Gasteiger partial charge in [0, 0.05) is 26.2 Å². The third-order valence-electron chi connectivity index (χ3n) is 3.80. The molecule has 6 heteroatoms. The Hall–Kier alpha value is -0.176. The van der Waals surface area contributed by atoms with Gasteiger partial charge >= 0.3 is 0 Å². The summed E-state index contributed by atoms with van der Waals surface area (Å²) in [7, 11) is -2.25. The number of nitrogens with two attached hydrogens (primary N) is 1. The van der Waals surface area contributed by atoms with Crippen LogP contribution in [0.15, 0.2) is 0 Å². The lowest BCUT2D eigenvalue weighted by molar-refractivity contribution is -0.122. The molecule has 0 aromatic carbocycles. The van der Waals surface area contributed by atoms with Crippen LogP contribution < -0.4 is 11.1 Å². The van der Waals surface area contributed by atoms with Gasteiger partial charge in [0.25, 0.3) is 0 Å². The highest BCUT2D eigenvalue weighted by molar-refractivity contribution is 6.85. The number of hydrogen-bond acceptors (Lipinski definition) is 3. The van der Waals surface area contributed by atoms with E-state index in [2.05, 4.69) is 36.4 Å². The highest BCUT2D eigenvalue weighted by atomic mass is 28.3. The molecular weight excluding hydrogens is 234 g/mol. The monoisotopic (exact) mass is 259 g/mol. The quantitative estimate of drug-likeness (QED) is 0.648. The van der Waals surface area contributed by atoms with Gasteiger partial charge in [-0.2, -0.15) is 0 Å². The van der Waals surface area contributed by atoms with Crippen LogP contribution in [0.2, 0.25) is 26.2 Å². The molecule has 1 saturated heterocycles. The predicted molar refractivity (Wildman–Crippen MR) is 74.1 cm³/mol. The van der Waals surface area contributed by atoms with Crippen LogP contribution in [0.5, 0.6) is 0 Å². The minimum absolute atomic E-state index is 0.0577. The third kappa shape index (κ3) is 2.24. The van der Waals surface area contributed by atoms with Crippen molar-refractivity contribution < 1.29 is 4.79 Å². The zero-order chi connectivity index (χ0) is 12.3. The average molecular weight is 260 g/mol. The standard InChI is InChI=1S/C10H25N3OSi2/c1-15(2)10(9(11)14,16(3)4)13-7-5-12-6-8-13/h12,15-16H,5-8H2,1-4H3,(H2,11,14). The Morgan fingerprint density at radius 3 is 1.94 bits per heavy atom. The van der Waals surface area contributed by atoms with E-state index < -0.39 is 17.6 Å². The van der Waals surface area contributed by atoms with Gasteiger partial charge in [-0.25, -0.2) is 0 Å². The molecule has 94 valence electrons. The molecule has 1 heterocycles. The van der Waals surface area contributed by atoms with Gasteiger partial charge in [-0.1, -0.05) is 26.2 Å². The molecule has 1 fully saturated rings. The number of hydrogen-bond donors (Lipinski definition) is 2. The molecule has 4 nitrogen and oxygen atoms in total. The highest BCUT2D eigenvalue weighted by Crippen LogP contribution is 2.23. The first-order valence-corrected chi connectivity index (χ1v) is 12.0. The fourth-order valence-electron chi connectivity index (χ4n) is 3.16. The van der Waals surface area contributed by atoms with Crippen molar-refractivity contribution in [1.82, 2.24) is 10.2 Å². The molecule has 0 unspecified atom stereocenters. The molecule has 16 heavy (non-hydrogen) atoms. The molecule has 0 bridgehead atoms. The summed E-state index contributed by atoms with van der Waals surface area (Å²) in [6, 6.07) is 0. The molecule has 1 aliphatic rings. The molecule has 1 aliphatic heterocycles. The lowest BCUT2D eigenvalue weighted by atomic mass is 10.3. The van der Waals surface area contributed by atoms with Gasteiger partial charge in [0.15, 0.2) is 0 Å². The van der Waals surface area contributed by atoms with Crippen molar-refractivity contribution in [3.8, 4) is 0 Å². The van der Waals surface area contributed by atoms with E-state index in [4.69, 9.17) is 5.73 Å². The Bertz CT molecular complexity index is 244. The maximum Gasteiger partial charge on any atom is 0.230 e. The molecule has 0 radical (unpaired) electrons. The van der Waals surface area contributed by atoms with E-state index in [1.165, 1.54) is 0 Å². The van der Waals surface area contributed by atoms with E-state index in [9.17, 15) is 4.79 Å². The van der Waals surface area contributed by atoms with Crippen LogP contribution >= 0.6 is 0 Å². The highest BCUT2D eigenvalue weighted by Gasteiger charge is 2.48. The van der Waals surface area contributed by atoms with E-state index >= 15 is 0 Å². The van der Waals surface area contributed by atoms with Gasteiger partial charge in [-0.15, -0.1) is 0 Å². The van der Waals surface area contributed by atoms with Crippen molar-refractivity contribution in [2.45, 2.75) is 31.0 Å². The van der Waals surface area contributed by atoms with Crippen molar-refractivity contribution in [2.24, 2.45) is 5.73 Å². The molecule has 0 spiro atoms. The van der Waals surface area contributed by atoms with Gasteiger partial charge in [0.2, 0.25) is 5.91 Å². The summed E-state index contributed by atoms with van der Waals surface area (Å²) >= 11 is 0. The molecule has 0 saturated carbocycles.